The maximum Gasteiger partial charge on any atom is 0.224 e. The molecule has 0 saturated heterocycles. The number of fused-ring (bicyclic) bond motifs is 1. The molecule has 1 unspecified atom stereocenters. The smallest absolute Gasteiger partial charge is 0.224 e. The summed E-state index contributed by atoms with van der Waals surface area (Å²) in [4.78, 5) is 7.15. The van der Waals surface area contributed by atoms with Crippen LogP contribution in [0.4, 0.5) is 0 Å². The van der Waals surface area contributed by atoms with Gasteiger partial charge in [0, 0.05) is 46.1 Å². The molecule has 0 fully saturated rings. The molecule has 1 atom stereocenters. The third-order valence-electron chi connectivity index (χ3n) is 3.10. The second-order valence-corrected chi connectivity index (χ2v) is 5.85. The van der Waals surface area contributed by atoms with Gasteiger partial charge in [-0.05, 0) is 30.3 Å². The van der Waals surface area contributed by atoms with E-state index in [9.17, 15) is 4.55 Å². The van der Waals surface area contributed by atoms with Crippen LogP contribution in [0, 0.1) is 0 Å². The van der Waals surface area contributed by atoms with Crippen molar-refractivity contribution >= 4 is 22.1 Å². The number of aromatic amines is 1. The zero-order valence-electron chi connectivity index (χ0n) is 11.0. The summed E-state index contributed by atoms with van der Waals surface area (Å²) in [6.07, 6.45) is 3.42. The molecule has 0 radical (unpaired) electrons. The van der Waals surface area contributed by atoms with Crippen molar-refractivity contribution < 1.29 is 9.29 Å². The third kappa shape index (κ3) is 2.64. The number of aromatic nitrogens is 2. The summed E-state index contributed by atoms with van der Waals surface area (Å²) >= 11 is -1.10. The lowest BCUT2D eigenvalue weighted by Crippen LogP contribution is -2.05. The number of benzene rings is 1. The molecule has 4 nitrogen and oxygen atoms in total. The van der Waals surface area contributed by atoms with Crippen molar-refractivity contribution in [3.63, 3.8) is 0 Å². The summed E-state index contributed by atoms with van der Waals surface area (Å²) in [6.45, 7) is 0. The molecule has 0 aliphatic heterocycles. The fourth-order valence-corrected chi connectivity index (χ4v) is 3.17. The molecule has 5 heteroatoms. The first-order valence-corrected chi connectivity index (χ1v) is 7.52. The van der Waals surface area contributed by atoms with Crippen molar-refractivity contribution in [1.82, 2.24) is 9.97 Å². The van der Waals surface area contributed by atoms with Crippen molar-refractivity contribution in [2.24, 2.45) is 0 Å². The van der Waals surface area contributed by atoms with Gasteiger partial charge in [-0.2, -0.15) is 0 Å². The van der Waals surface area contributed by atoms with Gasteiger partial charge in [0.2, 0.25) is 5.03 Å². The van der Waals surface area contributed by atoms with Gasteiger partial charge in [-0.3, -0.25) is 4.98 Å². The highest BCUT2D eigenvalue weighted by atomic mass is 32.2. The molecule has 1 aromatic carbocycles. The van der Waals surface area contributed by atoms with Crippen molar-refractivity contribution in [2.45, 2.75) is 10.8 Å². The molecule has 1 N–H and O–H groups in total. The Morgan fingerprint density at radius 1 is 1.20 bits per heavy atom. The minimum atomic E-state index is -1.10. The molecular weight excluding hydrogens is 272 g/mol. The number of hydrogen-bond donors (Lipinski definition) is 1. The predicted octanol–water partition coefficient (Wildman–Crippen LogP) is 2.88. The first kappa shape index (κ1) is 13.0. The summed E-state index contributed by atoms with van der Waals surface area (Å²) in [6, 6.07) is 11.4. The highest BCUT2D eigenvalue weighted by Crippen LogP contribution is 2.25. The lowest BCUT2D eigenvalue weighted by atomic mass is 10.2. The van der Waals surface area contributed by atoms with Crippen LogP contribution in [0.3, 0.4) is 0 Å². The summed E-state index contributed by atoms with van der Waals surface area (Å²) in [5, 5.41) is 1.73. The van der Waals surface area contributed by atoms with E-state index < -0.39 is 11.2 Å². The van der Waals surface area contributed by atoms with Gasteiger partial charge in [0.15, 0.2) is 0 Å². The molecule has 0 aliphatic rings. The monoisotopic (exact) mass is 286 g/mol. The van der Waals surface area contributed by atoms with Crippen LogP contribution < -0.4 is 4.74 Å². The number of H-pyrrole nitrogens is 1. The Morgan fingerprint density at radius 2 is 2.00 bits per heavy atom. The average molecular weight is 286 g/mol. The van der Waals surface area contributed by atoms with Crippen molar-refractivity contribution in [2.75, 3.05) is 7.11 Å². The van der Waals surface area contributed by atoms with Crippen LogP contribution in [-0.2, 0) is 16.9 Å². The molecule has 0 amide bonds. The van der Waals surface area contributed by atoms with Gasteiger partial charge in [0.1, 0.15) is 11.5 Å². The average Bonchev–Trinajstić information content (AvgIpc) is 2.91. The zero-order valence-corrected chi connectivity index (χ0v) is 11.8. The van der Waals surface area contributed by atoms with Gasteiger partial charge in [0.25, 0.3) is 0 Å². The lowest BCUT2D eigenvalue weighted by molar-refractivity contribution is 0.415. The second kappa shape index (κ2) is 5.56. The summed E-state index contributed by atoms with van der Waals surface area (Å²) in [7, 11) is 1.64. The van der Waals surface area contributed by atoms with Gasteiger partial charge in [-0.1, -0.05) is 0 Å². The second-order valence-electron chi connectivity index (χ2n) is 4.43. The van der Waals surface area contributed by atoms with Gasteiger partial charge in [0.05, 0.1) is 7.11 Å². The molecular formula is C15H14N2O2S. The minimum Gasteiger partial charge on any atom is -0.610 e. The van der Waals surface area contributed by atoms with E-state index in [1.54, 1.807) is 19.5 Å². The van der Waals surface area contributed by atoms with Crippen molar-refractivity contribution in [3.8, 4) is 5.75 Å². The van der Waals surface area contributed by atoms with Gasteiger partial charge < -0.3 is 14.3 Å². The van der Waals surface area contributed by atoms with Crippen LogP contribution in [0.2, 0.25) is 0 Å². The molecule has 20 heavy (non-hydrogen) atoms. The maximum absolute atomic E-state index is 12.4. The number of pyridine rings is 1. The van der Waals surface area contributed by atoms with Gasteiger partial charge >= 0.3 is 0 Å². The molecule has 0 spiro atoms. The summed E-state index contributed by atoms with van der Waals surface area (Å²) < 4.78 is 17.6. The van der Waals surface area contributed by atoms with E-state index in [0.29, 0.717) is 5.75 Å². The number of nitrogens with zero attached hydrogens (tertiary/aromatic N) is 1. The van der Waals surface area contributed by atoms with E-state index >= 15 is 0 Å². The predicted molar refractivity (Wildman–Crippen MR) is 79.2 cm³/mol. The maximum atomic E-state index is 12.4. The minimum absolute atomic E-state index is 0.479. The van der Waals surface area contributed by atoms with Crippen LogP contribution in [0.5, 0.6) is 5.75 Å². The number of ether oxygens (including phenoxy) is 1. The quantitative estimate of drug-likeness (QED) is 0.750. The van der Waals surface area contributed by atoms with E-state index in [0.717, 1.165) is 27.2 Å². The highest BCUT2D eigenvalue weighted by Gasteiger charge is 2.15. The Morgan fingerprint density at radius 3 is 2.75 bits per heavy atom. The molecule has 102 valence electrons. The molecule has 3 aromatic rings. The van der Waals surface area contributed by atoms with Crippen LogP contribution >= 0.6 is 0 Å². The van der Waals surface area contributed by atoms with Gasteiger partial charge in [-0.25, -0.2) is 0 Å². The number of nitrogens with one attached hydrogen (secondary N) is 1. The summed E-state index contributed by atoms with van der Waals surface area (Å²) in [5.41, 5.74) is 1.97. The van der Waals surface area contributed by atoms with Crippen LogP contribution in [0.1, 0.15) is 5.56 Å². The Hall–Kier alpha value is -1.98. The number of rotatable bonds is 4. The molecule has 2 heterocycles. The molecule has 2 aromatic heterocycles. The zero-order chi connectivity index (χ0) is 13.9. The van der Waals surface area contributed by atoms with Crippen molar-refractivity contribution in [3.05, 3.63) is 54.4 Å². The standard InChI is InChI=1S/C15H14N2O2S/c1-19-13-2-3-14-12(8-13)9-15(17-14)20(18)10-11-4-6-16-7-5-11/h2-9,17H,10H2,1H3. The van der Waals surface area contributed by atoms with Crippen LogP contribution in [0.15, 0.2) is 53.8 Å². The Balaban J connectivity index is 1.86. The van der Waals surface area contributed by atoms with E-state index in [-0.39, 0.29) is 0 Å². The third-order valence-corrected chi connectivity index (χ3v) is 4.40. The molecule has 0 aliphatic carbocycles. The molecule has 0 bridgehead atoms. The van der Waals surface area contributed by atoms with Gasteiger partial charge in [-0.15, -0.1) is 0 Å². The van der Waals surface area contributed by atoms with Crippen molar-refractivity contribution in [1.29, 1.82) is 0 Å². The van der Waals surface area contributed by atoms with Crippen LogP contribution in [0.25, 0.3) is 10.9 Å². The fourth-order valence-electron chi connectivity index (χ4n) is 2.04. The molecule has 3 rings (SSSR count). The Kier molecular flexibility index (Phi) is 3.62. The Bertz CT molecular complexity index is 712. The van der Waals surface area contributed by atoms with E-state index in [1.165, 1.54) is 0 Å². The topological polar surface area (TPSA) is 61.0 Å². The Labute approximate surface area is 120 Å². The molecule has 0 saturated carbocycles. The highest BCUT2D eigenvalue weighted by molar-refractivity contribution is 7.90. The van der Waals surface area contributed by atoms with E-state index in [2.05, 4.69) is 9.97 Å². The summed E-state index contributed by atoms with van der Waals surface area (Å²) in [5.74, 6) is 1.27. The van der Waals surface area contributed by atoms with E-state index in [4.69, 9.17) is 4.74 Å². The normalized spacial score (nSPS) is 12.5. The number of methoxy groups -OCH3 is 1. The largest absolute Gasteiger partial charge is 0.610 e. The van der Waals surface area contributed by atoms with Crippen LogP contribution in [-0.4, -0.2) is 21.6 Å². The lowest BCUT2D eigenvalue weighted by Gasteiger charge is -2.07. The SMILES string of the molecule is COc1ccc2[nH]c([S+]([O-])Cc3ccncc3)cc2c1. The number of hydrogen-bond acceptors (Lipinski definition) is 3. The van der Waals surface area contributed by atoms with E-state index in [1.807, 2.05) is 36.4 Å². The fraction of sp³-hybridized carbons (Fsp3) is 0.133. The first-order chi connectivity index (χ1) is 9.76. The first-order valence-electron chi connectivity index (χ1n) is 6.20.